The van der Waals surface area contributed by atoms with Gasteiger partial charge in [0, 0.05) is 31.0 Å². The van der Waals surface area contributed by atoms with Crippen LogP contribution in [0.3, 0.4) is 0 Å². The van der Waals surface area contributed by atoms with Gasteiger partial charge in [-0.05, 0) is 50.3 Å². The van der Waals surface area contributed by atoms with Gasteiger partial charge in [-0.25, -0.2) is 0 Å². The third-order valence-electron chi connectivity index (χ3n) is 5.02. The van der Waals surface area contributed by atoms with Crippen LogP contribution >= 0.6 is 0 Å². The molecule has 144 valence electrons. The van der Waals surface area contributed by atoms with Crippen molar-refractivity contribution in [3.05, 3.63) is 35.4 Å². The summed E-state index contributed by atoms with van der Waals surface area (Å²) in [5.41, 5.74) is 1.97. The number of hydrogen-bond donors (Lipinski definition) is 1. The summed E-state index contributed by atoms with van der Waals surface area (Å²) >= 11 is 0. The summed E-state index contributed by atoms with van der Waals surface area (Å²) in [6.45, 7) is 9.22. The summed E-state index contributed by atoms with van der Waals surface area (Å²) in [5.74, 6) is 0.799. The van der Waals surface area contributed by atoms with Crippen molar-refractivity contribution in [2.45, 2.75) is 65.3 Å². The van der Waals surface area contributed by atoms with E-state index in [9.17, 15) is 9.59 Å². The fourth-order valence-electron chi connectivity index (χ4n) is 3.68. The van der Waals surface area contributed by atoms with E-state index < -0.39 is 0 Å². The number of nitrogens with zero attached hydrogens (tertiary/aromatic N) is 1. The normalized spacial score (nSPS) is 15.2. The number of rotatable bonds is 9. The van der Waals surface area contributed by atoms with Crippen molar-refractivity contribution in [3.8, 4) is 0 Å². The van der Waals surface area contributed by atoms with Gasteiger partial charge in [-0.2, -0.15) is 0 Å². The maximum Gasteiger partial charge on any atom is 0.223 e. The monoisotopic (exact) mass is 358 g/mol. The lowest BCUT2D eigenvalue weighted by Crippen LogP contribution is -2.46. The molecule has 0 radical (unpaired) electrons. The third-order valence-corrected chi connectivity index (χ3v) is 5.02. The molecule has 1 aromatic rings. The van der Waals surface area contributed by atoms with Crippen LogP contribution < -0.4 is 5.32 Å². The predicted molar refractivity (Wildman–Crippen MR) is 106 cm³/mol. The molecule has 0 aromatic heterocycles. The van der Waals surface area contributed by atoms with E-state index in [0.29, 0.717) is 30.4 Å². The van der Waals surface area contributed by atoms with Gasteiger partial charge in [-0.15, -0.1) is 0 Å². The lowest BCUT2D eigenvalue weighted by atomic mass is 9.99. The fraction of sp³-hybridized carbons (Fsp3) is 0.636. The smallest absolute Gasteiger partial charge is 0.223 e. The largest absolute Gasteiger partial charge is 0.340 e. The molecule has 0 spiro atoms. The molecule has 1 aliphatic heterocycles. The number of Topliss-reactive ketones (excluding diaryl/α,β-unsaturated/α-hetero) is 1. The molecule has 0 saturated carbocycles. The van der Waals surface area contributed by atoms with Crippen molar-refractivity contribution in [1.29, 1.82) is 0 Å². The molecule has 1 fully saturated rings. The Bertz CT molecular complexity index is 574. The third kappa shape index (κ3) is 6.24. The van der Waals surface area contributed by atoms with Crippen LogP contribution in [0.15, 0.2) is 24.3 Å². The van der Waals surface area contributed by atoms with E-state index in [4.69, 9.17) is 0 Å². The Morgan fingerprint density at radius 1 is 1.12 bits per heavy atom. The first-order chi connectivity index (χ1) is 12.5. The molecule has 0 unspecified atom stereocenters. The molecular weight excluding hydrogens is 324 g/mol. The second kappa shape index (κ2) is 10.5. The van der Waals surface area contributed by atoms with Gasteiger partial charge in [0.25, 0.3) is 0 Å². The summed E-state index contributed by atoms with van der Waals surface area (Å²) in [7, 11) is 0. The first-order valence-electron chi connectivity index (χ1n) is 10.1. The summed E-state index contributed by atoms with van der Waals surface area (Å²) in [6.07, 6.45) is 4.62. The van der Waals surface area contributed by atoms with Gasteiger partial charge < -0.3 is 10.2 Å². The summed E-state index contributed by atoms with van der Waals surface area (Å²) < 4.78 is 0. The molecule has 1 aliphatic rings. The Hall–Kier alpha value is -1.68. The Morgan fingerprint density at radius 3 is 2.35 bits per heavy atom. The summed E-state index contributed by atoms with van der Waals surface area (Å²) in [6, 6.07) is 8.21. The van der Waals surface area contributed by atoms with E-state index in [2.05, 4.69) is 26.1 Å². The highest BCUT2D eigenvalue weighted by atomic mass is 16.2. The first-order valence-corrected chi connectivity index (χ1v) is 10.1. The summed E-state index contributed by atoms with van der Waals surface area (Å²) in [4.78, 5) is 27.2. The Kier molecular flexibility index (Phi) is 8.30. The second-order valence-corrected chi connectivity index (χ2v) is 7.79. The lowest BCUT2D eigenvalue weighted by molar-refractivity contribution is -0.134. The zero-order valence-corrected chi connectivity index (χ0v) is 16.6. The molecule has 1 heterocycles. The highest BCUT2D eigenvalue weighted by Crippen LogP contribution is 2.16. The number of hydrogen-bond acceptors (Lipinski definition) is 3. The predicted octanol–water partition coefficient (Wildman–Crippen LogP) is 3.84. The average Bonchev–Trinajstić information content (AvgIpc) is 2.64. The van der Waals surface area contributed by atoms with Crippen LogP contribution in [0, 0.1) is 5.92 Å². The number of nitrogens with one attached hydrogen (secondary N) is 1. The minimum absolute atomic E-state index is 0.0659. The molecule has 26 heavy (non-hydrogen) atoms. The number of benzene rings is 1. The minimum atomic E-state index is 0.0659. The van der Waals surface area contributed by atoms with Gasteiger partial charge in [0.1, 0.15) is 0 Å². The molecule has 1 aromatic carbocycles. The molecule has 4 nitrogen and oxygen atoms in total. The van der Waals surface area contributed by atoms with Gasteiger partial charge in [0.15, 0.2) is 5.78 Å². The lowest BCUT2D eigenvalue weighted by Gasteiger charge is -2.34. The highest BCUT2D eigenvalue weighted by Gasteiger charge is 2.24. The van der Waals surface area contributed by atoms with Crippen molar-refractivity contribution in [3.63, 3.8) is 0 Å². The topological polar surface area (TPSA) is 49.4 Å². The van der Waals surface area contributed by atoms with Crippen molar-refractivity contribution < 1.29 is 9.59 Å². The van der Waals surface area contributed by atoms with Gasteiger partial charge in [0.2, 0.25) is 5.91 Å². The van der Waals surface area contributed by atoms with E-state index in [0.717, 1.165) is 45.3 Å². The maximum absolute atomic E-state index is 12.7. The molecule has 1 saturated heterocycles. The number of carbonyl (C=O) groups excluding carboxylic acids is 2. The van der Waals surface area contributed by atoms with Crippen LogP contribution in [0.2, 0.25) is 0 Å². The van der Waals surface area contributed by atoms with E-state index in [-0.39, 0.29) is 11.7 Å². The average molecular weight is 359 g/mol. The van der Waals surface area contributed by atoms with Crippen LogP contribution in [0.5, 0.6) is 0 Å². The fourth-order valence-corrected chi connectivity index (χ4v) is 3.68. The Balaban J connectivity index is 1.88. The second-order valence-electron chi connectivity index (χ2n) is 7.79. The minimum Gasteiger partial charge on any atom is -0.340 e. The molecule has 1 amide bonds. The Morgan fingerprint density at radius 2 is 1.77 bits per heavy atom. The van der Waals surface area contributed by atoms with Crippen molar-refractivity contribution >= 4 is 11.7 Å². The first kappa shape index (κ1) is 20.6. The van der Waals surface area contributed by atoms with E-state index >= 15 is 0 Å². The molecular formula is C22H34N2O2. The van der Waals surface area contributed by atoms with Gasteiger partial charge in [-0.1, -0.05) is 45.0 Å². The number of piperidine rings is 1. The Labute approximate surface area is 158 Å². The molecule has 0 bridgehead atoms. The zero-order chi connectivity index (χ0) is 18.9. The number of ketones is 1. The number of amides is 1. The zero-order valence-electron chi connectivity index (χ0n) is 16.6. The van der Waals surface area contributed by atoms with Crippen molar-refractivity contribution in [2.75, 3.05) is 19.6 Å². The van der Waals surface area contributed by atoms with Crippen molar-refractivity contribution in [1.82, 2.24) is 10.2 Å². The molecule has 4 heteroatoms. The highest BCUT2D eigenvalue weighted by molar-refractivity contribution is 5.98. The quantitative estimate of drug-likeness (QED) is 0.682. The van der Waals surface area contributed by atoms with Crippen molar-refractivity contribution in [2.24, 2.45) is 5.92 Å². The van der Waals surface area contributed by atoms with Crippen LogP contribution in [-0.2, 0) is 11.2 Å². The molecule has 1 N–H and O–H groups in total. The van der Waals surface area contributed by atoms with Gasteiger partial charge >= 0.3 is 0 Å². The van der Waals surface area contributed by atoms with E-state index in [1.807, 2.05) is 29.2 Å². The van der Waals surface area contributed by atoms with Crippen LogP contribution in [-0.4, -0.2) is 42.3 Å². The summed E-state index contributed by atoms with van der Waals surface area (Å²) in [5, 5.41) is 3.35. The van der Waals surface area contributed by atoms with Crippen LogP contribution in [0.25, 0.3) is 0 Å². The SMILES string of the molecule is CCCN(C(=O)CCC(=O)c1ccc(CC(C)C)cc1)C1CCNCC1. The van der Waals surface area contributed by atoms with Crippen LogP contribution in [0.4, 0.5) is 0 Å². The maximum atomic E-state index is 12.7. The van der Waals surface area contributed by atoms with E-state index in [1.54, 1.807) is 0 Å². The van der Waals surface area contributed by atoms with E-state index in [1.165, 1.54) is 5.56 Å². The molecule has 0 aliphatic carbocycles. The van der Waals surface area contributed by atoms with Gasteiger partial charge in [0.05, 0.1) is 0 Å². The number of carbonyl (C=O) groups is 2. The molecule has 2 rings (SSSR count). The van der Waals surface area contributed by atoms with Crippen LogP contribution in [0.1, 0.15) is 68.8 Å². The molecule has 0 atom stereocenters. The van der Waals surface area contributed by atoms with Gasteiger partial charge in [-0.3, -0.25) is 9.59 Å². The standard InChI is InChI=1S/C22H34N2O2/c1-4-15-24(20-11-13-23-14-12-20)22(26)10-9-21(25)19-7-5-18(6-8-19)16-17(2)3/h5-8,17,20,23H,4,9-16H2,1-3H3.